The molecule has 1 aliphatic rings. The first-order valence-electron chi connectivity index (χ1n) is 9.99. The number of aromatic nitrogens is 2. The number of amides is 1. The zero-order chi connectivity index (χ0) is 21.3. The van der Waals surface area contributed by atoms with Gasteiger partial charge in [0.25, 0.3) is 5.56 Å². The summed E-state index contributed by atoms with van der Waals surface area (Å²) in [6, 6.07) is 13.8. The lowest BCUT2D eigenvalue weighted by atomic mass is 10.2. The number of carbonyl (C=O) groups is 1. The first-order valence-corrected chi connectivity index (χ1v) is 11.0. The maximum Gasteiger partial charge on any atom is 0.261 e. The van der Waals surface area contributed by atoms with Crippen LogP contribution in [0.25, 0.3) is 10.9 Å². The number of hydrogen-bond acceptors (Lipinski definition) is 5. The van der Waals surface area contributed by atoms with E-state index in [2.05, 4.69) is 4.98 Å². The normalized spacial score (nSPS) is 13.4. The molecule has 1 aliphatic carbocycles. The van der Waals surface area contributed by atoms with Crippen LogP contribution in [-0.4, -0.2) is 39.3 Å². The minimum absolute atomic E-state index is 0.0663. The Balaban J connectivity index is 1.49. The Labute approximate surface area is 179 Å². The Kier molecular flexibility index (Phi) is 5.81. The van der Waals surface area contributed by atoms with Crippen molar-refractivity contribution in [3.8, 4) is 5.75 Å². The van der Waals surface area contributed by atoms with E-state index in [0.29, 0.717) is 28.6 Å². The first kappa shape index (κ1) is 20.5. The molecule has 6 nitrogen and oxygen atoms in total. The van der Waals surface area contributed by atoms with E-state index in [0.717, 1.165) is 29.7 Å². The minimum atomic E-state index is -0.0871. The predicted octanol–water partition coefficient (Wildman–Crippen LogP) is 3.53. The van der Waals surface area contributed by atoms with Gasteiger partial charge in [-0.15, -0.1) is 0 Å². The van der Waals surface area contributed by atoms with E-state index in [4.69, 9.17) is 4.74 Å². The number of fused-ring (bicyclic) bond motifs is 1. The average Bonchev–Trinajstić information content (AvgIpc) is 3.59. The van der Waals surface area contributed by atoms with E-state index in [1.807, 2.05) is 54.3 Å². The largest absolute Gasteiger partial charge is 0.497 e. The highest BCUT2D eigenvalue weighted by Gasteiger charge is 2.32. The van der Waals surface area contributed by atoms with E-state index in [1.165, 1.54) is 16.3 Å². The minimum Gasteiger partial charge on any atom is -0.497 e. The van der Waals surface area contributed by atoms with E-state index in [1.54, 1.807) is 14.2 Å². The Morgan fingerprint density at radius 2 is 1.97 bits per heavy atom. The number of hydrogen-bond donors (Lipinski definition) is 0. The van der Waals surface area contributed by atoms with Gasteiger partial charge in [0.2, 0.25) is 5.91 Å². The fourth-order valence-electron chi connectivity index (χ4n) is 3.44. The van der Waals surface area contributed by atoms with Gasteiger partial charge in [0.05, 0.1) is 23.8 Å². The van der Waals surface area contributed by atoms with Crippen LogP contribution in [0.3, 0.4) is 0 Å². The van der Waals surface area contributed by atoms with Crippen LogP contribution in [0.2, 0.25) is 0 Å². The summed E-state index contributed by atoms with van der Waals surface area (Å²) in [5, 5.41) is 1.16. The SMILES string of the molecule is COc1ccc(CN(C(=O)CSc2nc3ccc(C)cc3c(=O)n2C)C2CC2)cc1. The highest BCUT2D eigenvalue weighted by atomic mass is 32.2. The zero-order valence-corrected chi connectivity index (χ0v) is 18.2. The molecule has 1 amide bonds. The van der Waals surface area contributed by atoms with Crippen LogP contribution in [0, 0.1) is 6.92 Å². The third-order valence-corrected chi connectivity index (χ3v) is 6.35. The van der Waals surface area contributed by atoms with Crippen molar-refractivity contribution in [1.82, 2.24) is 14.5 Å². The standard InChI is InChI=1S/C23H25N3O3S/c1-15-4-11-20-19(12-15)22(28)25(2)23(24-20)30-14-21(27)26(17-7-8-17)13-16-5-9-18(29-3)10-6-16/h4-6,9-12,17H,7-8,13-14H2,1-3H3. The fraction of sp³-hybridized carbons (Fsp3) is 0.348. The molecule has 0 aliphatic heterocycles. The van der Waals surface area contributed by atoms with Gasteiger partial charge >= 0.3 is 0 Å². The summed E-state index contributed by atoms with van der Waals surface area (Å²) in [7, 11) is 3.35. The van der Waals surface area contributed by atoms with Gasteiger partial charge in [0.15, 0.2) is 5.16 Å². The van der Waals surface area contributed by atoms with Gasteiger partial charge < -0.3 is 9.64 Å². The van der Waals surface area contributed by atoms with Crippen molar-refractivity contribution in [3.63, 3.8) is 0 Å². The predicted molar refractivity (Wildman–Crippen MR) is 119 cm³/mol. The molecule has 0 bridgehead atoms. The molecule has 4 rings (SSSR count). The molecule has 0 spiro atoms. The molecule has 30 heavy (non-hydrogen) atoms. The highest BCUT2D eigenvalue weighted by Crippen LogP contribution is 2.30. The van der Waals surface area contributed by atoms with Crippen LogP contribution in [0.1, 0.15) is 24.0 Å². The van der Waals surface area contributed by atoms with E-state index in [-0.39, 0.29) is 17.2 Å². The van der Waals surface area contributed by atoms with Gasteiger partial charge in [-0.3, -0.25) is 14.2 Å². The molecule has 1 fully saturated rings. The lowest BCUT2D eigenvalue weighted by molar-refractivity contribution is -0.129. The van der Waals surface area contributed by atoms with Crippen LogP contribution in [-0.2, 0) is 18.4 Å². The van der Waals surface area contributed by atoms with E-state index in [9.17, 15) is 9.59 Å². The molecule has 0 unspecified atom stereocenters. The van der Waals surface area contributed by atoms with Crippen LogP contribution < -0.4 is 10.3 Å². The summed E-state index contributed by atoms with van der Waals surface area (Å²) in [5.41, 5.74) is 2.68. The third kappa shape index (κ3) is 4.36. The van der Waals surface area contributed by atoms with Crippen LogP contribution in [0.4, 0.5) is 0 Å². The van der Waals surface area contributed by atoms with Crippen molar-refractivity contribution in [2.45, 2.75) is 37.5 Å². The molecular weight excluding hydrogens is 398 g/mol. The molecule has 0 atom stereocenters. The molecule has 1 saturated carbocycles. The monoisotopic (exact) mass is 423 g/mol. The number of methoxy groups -OCH3 is 1. The molecular formula is C23H25N3O3S. The van der Waals surface area contributed by atoms with Gasteiger partial charge in [-0.2, -0.15) is 0 Å². The van der Waals surface area contributed by atoms with Crippen LogP contribution >= 0.6 is 11.8 Å². The molecule has 1 aromatic heterocycles. The third-order valence-electron chi connectivity index (χ3n) is 5.33. The fourth-order valence-corrected chi connectivity index (χ4v) is 4.30. The lowest BCUT2D eigenvalue weighted by Crippen LogP contribution is -2.34. The number of rotatable bonds is 7. The lowest BCUT2D eigenvalue weighted by Gasteiger charge is -2.22. The van der Waals surface area contributed by atoms with Crippen LogP contribution in [0.15, 0.2) is 52.4 Å². The first-order chi connectivity index (χ1) is 14.5. The summed E-state index contributed by atoms with van der Waals surface area (Å²) in [6.45, 7) is 2.53. The Morgan fingerprint density at radius 1 is 1.23 bits per heavy atom. The van der Waals surface area contributed by atoms with Gasteiger partial charge in [0.1, 0.15) is 5.75 Å². The highest BCUT2D eigenvalue weighted by molar-refractivity contribution is 7.99. The quantitative estimate of drug-likeness (QED) is 0.430. The van der Waals surface area contributed by atoms with Crippen LogP contribution in [0.5, 0.6) is 5.75 Å². The summed E-state index contributed by atoms with van der Waals surface area (Å²) in [4.78, 5) is 32.2. The summed E-state index contributed by atoms with van der Waals surface area (Å²) < 4.78 is 6.74. The Hall–Kier alpha value is -2.80. The van der Waals surface area contributed by atoms with Crippen molar-refractivity contribution >= 4 is 28.6 Å². The molecule has 1 heterocycles. The van der Waals surface area contributed by atoms with Gasteiger partial charge in [-0.05, 0) is 49.6 Å². The zero-order valence-electron chi connectivity index (χ0n) is 17.4. The molecule has 0 radical (unpaired) electrons. The molecule has 0 saturated heterocycles. The van der Waals surface area contributed by atoms with Gasteiger partial charge in [-0.1, -0.05) is 35.5 Å². The van der Waals surface area contributed by atoms with Crippen molar-refractivity contribution in [2.75, 3.05) is 12.9 Å². The number of aryl methyl sites for hydroxylation is 1. The molecule has 2 aromatic carbocycles. The second kappa shape index (κ2) is 8.52. The molecule has 7 heteroatoms. The number of carbonyl (C=O) groups excluding carboxylic acids is 1. The van der Waals surface area contributed by atoms with E-state index < -0.39 is 0 Å². The smallest absolute Gasteiger partial charge is 0.261 e. The van der Waals surface area contributed by atoms with Gasteiger partial charge in [-0.25, -0.2) is 4.98 Å². The number of ether oxygens (including phenoxy) is 1. The molecule has 3 aromatic rings. The Morgan fingerprint density at radius 3 is 2.63 bits per heavy atom. The topological polar surface area (TPSA) is 64.4 Å². The Bertz CT molecular complexity index is 1140. The molecule has 0 N–H and O–H groups in total. The summed E-state index contributed by atoms with van der Waals surface area (Å²) in [5.74, 6) is 1.12. The summed E-state index contributed by atoms with van der Waals surface area (Å²) in [6.07, 6.45) is 2.08. The van der Waals surface area contributed by atoms with Gasteiger partial charge in [0, 0.05) is 19.6 Å². The number of nitrogens with zero attached hydrogens (tertiary/aromatic N) is 3. The summed E-state index contributed by atoms with van der Waals surface area (Å²) >= 11 is 1.32. The average molecular weight is 424 g/mol. The van der Waals surface area contributed by atoms with Crippen molar-refractivity contribution in [1.29, 1.82) is 0 Å². The maximum atomic E-state index is 13.0. The maximum absolute atomic E-state index is 13.0. The number of benzene rings is 2. The van der Waals surface area contributed by atoms with E-state index >= 15 is 0 Å². The van der Waals surface area contributed by atoms with Crippen molar-refractivity contribution in [3.05, 3.63) is 63.9 Å². The second-order valence-corrected chi connectivity index (χ2v) is 8.61. The number of thioether (sulfide) groups is 1. The molecule has 156 valence electrons. The van der Waals surface area contributed by atoms with Crippen molar-refractivity contribution < 1.29 is 9.53 Å². The second-order valence-electron chi connectivity index (χ2n) is 7.67. The van der Waals surface area contributed by atoms with Crippen molar-refractivity contribution in [2.24, 2.45) is 7.05 Å².